The number of esters is 1. The van der Waals surface area contributed by atoms with Crippen molar-refractivity contribution in [1.29, 1.82) is 0 Å². The Morgan fingerprint density at radius 1 is 0.935 bits per heavy atom. The van der Waals surface area contributed by atoms with E-state index in [0.29, 0.717) is 22.5 Å². The summed E-state index contributed by atoms with van der Waals surface area (Å²) in [5.41, 5.74) is 3.75. The Bertz CT molecular complexity index is 1140. The maximum atomic E-state index is 12.8. The van der Waals surface area contributed by atoms with Crippen molar-refractivity contribution >= 4 is 29.2 Å². The molecular formula is C25H22N2O4. The molecule has 2 N–H and O–H groups in total. The highest BCUT2D eigenvalue weighted by atomic mass is 16.5. The predicted molar refractivity (Wildman–Crippen MR) is 118 cm³/mol. The van der Waals surface area contributed by atoms with Crippen LogP contribution >= 0.6 is 0 Å². The fourth-order valence-electron chi connectivity index (χ4n) is 3.50. The van der Waals surface area contributed by atoms with Gasteiger partial charge in [0.15, 0.2) is 6.10 Å². The minimum absolute atomic E-state index is 0.284. The number of para-hydroxylation sites is 1. The Morgan fingerprint density at radius 2 is 1.65 bits per heavy atom. The highest BCUT2D eigenvalue weighted by Gasteiger charge is 2.31. The largest absolute Gasteiger partial charge is 0.448 e. The van der Waals surface area contributed by atoms with Crippen LogP contribution in [-0.2, 0) is 22.4 Å². The molecule has 0 fully saturated rings. The third-order valence-corrected chi connectivity index (χ3v) is 5.23. The van der Waals surface area contributed by atoms with Gasteiger partial charge in [-0.3, -0.25) is 9.59 Å². The van der Waals surface area contributed by atoms with Gasteiger partial charge in [0.25, 0.3) is 11.8 Å². The quantitative estimate of drug-likeness (QED) is 0.612. The number of carbonyl (C=O) groups is 3. The number of anilines is 2. The van der Waals surface area contributed by atoms with Crippen molar-refractivity contribution in [3.8, 4) is 0 Å². The van der Waals surface area contributed by atoms with Gasteiger partial charge in [0.05, 0.1) is 16.8 Å². The van der Waals surface area contributed by atoms with Crippen molar-refractivity contribution in [1.82, 2.24) is 0 Å². The number of fused-ring (bicyclic) bond motifs is 1. The molecular weight excluding hydrogens is 392 g/mol. The molecule has 1 atom stereocenters. The number of nitrogens with one attached hydrogen (secondary N) is 2. The fourth-order valence-corrected chi connectivity index (χ4v) is 3.50. The lowest BCUT2D eigenvalue weighted by Gasteiger charge is -2.24. The van der Waals surface area contributed by atoms with Gasteiger partial charge in [0, 0.05) is 12.1 Å². The molecule has 0 aromatic heterocycles. The second kappa shape index (κ2) is 8.83. The van der Waals surface area contributed by atoms with E-state index in [1.54, 1.807) is 42.5 Å². The van der Waals surface area contributed by atoms with E-state index in [4.69, 9.17) is 4.74 Å². The van der Waals surface area contributed by atoms with E-state index in [9.17, 15) is 14.4 Å². The molecule has 3 aromatic carbocycles. The standard InChI is InChI=1S/C25H22N2O4/c1-2-16-11-13-18(14-12-16)26-23(28)20-9-5-6-10-21(20)27-24(29)22-15-17-7-3-4-8-19(17)25(30)31-22/h3-14,22H,2,15H2,1H3,(H,26,28)(H,27,29). The third-order valence-electron chi connectivity index (χ3n) is 5.23. The first-order valence-corrected chi connectivity index (χ1v) is 10.1. The summed E-state index contributed by atoms with van der Waals surface area (Å²) in [6.45, 7) is 2.06. The Labute approximate surface area is 180 Å². The summed E-state index contributed by atoms with van der Waals surface area (Å²) < 4.78 is 5.31. The molecule has 4 rings (SSSR count). The third kappa shape index (κ3) is 4.48. The molecule has 156 valence electrons. The molecule has 0 saturated carbocycles. The van der Waals surface area contributed by atoms with Crippen molar-refractivity contribution in [2.75, 3.05) is 10.6 Å². The SMILES string of the molecule is CCc1ccc(NC(=O)c2ccccc2NC(=O)C2Cc3ccccc3C(=O)O2)cc1. The molecule has 6 heteroatoms. The molecule has 0 bridgehead atoms. The van der Waals surface area contributed by atoms with Gasteiger partial charge in [-0.2, -0.15) is 0 Å². The zero-order chi connectivity index (χ0) is 21.8. The summed E-state index contributed by atoms with van der Waals surface area (Å²) in [4.78, 5) is 37.8. The van der Waals surface area contributed by atoms with Crippen LogP contribution in [-0.4, -0.2) is 23.9 Å². The van der Waals surface area contributed by atoms with Crippen molar-refractivity contribution < 1.29 is 19.1 Å². The summed E-state index contributed by atoms with van der Waals surface area (Å²) in [6.07, 6.45) is 0.241. The number of hydrogen-bond acceptors (Lipinski definition) is 4. The maximum absolute atomic E-state index is 12.8. The van der Waals surface area contributed by atoms with E-state index < -0.39 is 18.0 Å². The van der Waals surface area contributed by atoms with E-state index in [2.05, 4.69) is 17.6 Å². The highest BCUT2D eigenvalue weighted by molar-refractivity contribution is 6.10. The molecule has 6 nitrogen and oxygen atoms in total. The first-order chi connectivity index (χ1) is 15.0. The fraction of sp³-hybridized carbons (Fsp3) is 0.160. The number of rotatable bonds is 5. The van der Waals surface area contributed by atoms with Gasteiger partial charge in [-0.05, 0) is 47.9 Å². The molecule has 1 aliphatic heterocycles. The molecule has 2 amide bonds. The Balaban J connectivity index is 1.49. The van der Waals surface area contributed by atoms with Crippen LogP contribution in [0.5, 0.6) is 0 Å². The Kier molecular flexibility index (Phi) is 5.80. The smallest absolute Gasteiger partial charge is 0.339 e. The van der Waals surface area contributed by atoms with E-state index in [-0.39, 0.29) is 12.3 Å². The number of cyclic esters (lactones) is 1. The van der Waals surface area contributed by atoms with Gasteiger partial charge in [-0.1, -0.05) is 49.4 Å². The van der Waals surface area contributed by atoms with Gasteiger partial charge in [0.1, 0.15) is 0 Å². The first kappa shape index (κ1) is 20.3. The van der Waals surface area contributed by atoms with Crippen LogP contribution in [0, 0.1) is 0 Å². The zero-order valence-corrected chi connectivity index (χ0v) is 17.1. The molecule has 1 aliphatic rings. The topological polar surface area (TPSA) is 84.5 Å². The molecule has 0 radical (unpaired) electrons. The van der Waals surface area contributed by atoms with Crippen LogP contribution in [0.4, 0.5) is 11.4 Å². The van der Waals surface area contributed by atoms with E-state index in [1.807, 2.05) is 30.3 Å². The summed E-state index contributed by atoms with van der Waals surface area (Å²) in [5.74, 6) is -1.34. The Hall–Kier alpha value is -3.93. The van der Waals surface area contributed by atoms with Crippen LogP contribution < -0.4 is 10.6 Å². The molecule has 3 aromatic rings. The van der Waals surface area contributed by atoms with Crippen molar-refractivity contribution in [3.05, 3.63) is 95.1 Å². The van der Waals surface area contributed by atoms with Crippen molar-refractivity contribution in [2.24, 2.45) is 0 Å². The van der Waals surface area contributed by atoms with Crippen molar-refractivity contribution in [3.63, 3.8) is 0 Å². The summed E-state index contributed by atoms with van der Waals surface area (Å²) in [6, 6.07) is 21.4. The van der Waals surface area contributed by atoms with Crippen LogP contribution in [0.25, 0.3) is 0 Å². The van der Waals surface area contributed by atoms with Gasteiger partial charge < -0.3 is 15.4 Å². The minimum Gasteiger partial charge on any atom is -0.448 e. The average molecular weight is 414 g/mol. The molecule has 1 unspecified atom stereocenters. The van der Waals surface area contributed by atoms with Gasteiger partial charge >= 0.3 is 5.97 Å². The average Bonchev–Trinajstić information content (AvgIpc) is 2.80. The highest BCUT2D eigenvalue weighted by Crippen LogP contribution is 2.23. The van der Waals surface area contributed by atoms with Gasteiger partial charge in [-0.15, -0.1) is 0 Å². The number of hydrogen-bond donors (Lipinski definition) is 2. The van der Waals surface area contributed by atoms with Crippen LogP contribution in [0.2, 0.25) is 0 Å². The lowest BCUT2D eigenvalue weighted by atomic mass is 9.98. The molecule has 31 heavy (non-hydrogen) atoms. The van der Waals surface area contributed by atoms with Crippen molar-refractivity contribution in [2.45, 2.75) is 25.9 Å². The molecule has 0 saturated heterocycles. The Morgan fingerprint density at radius 3 is 2.42 bits per heavy atom. The normalized spacial score (nSPS) is 14.9. The van der Waals surface area contributed by atoms with Gasteiger partial charge in [0.2, 0.25) is 0 Å². The van der Waals surface area contributed by atoms with E-state index in [0.717, 1.165) is 12.0 Å². The second-order valence-electron chi connectivity index (χ2n) is 7.29. The number of amides is 2. The monoisotopic (exact) mass is 414 g/mol. The number of carbonyl (C=O) groups excluding carboxylic acids is 3. The summed E-state index contributed by atoms with van der Waals surface area (Å²) >= 11 is 0. The van der Waals surface area contributed by atoms with E-state index in [1.165, 1.54) is 5.56 Å². The zero-order valence-electron chi connectivity index (χ0n) is 17.1. The molecule has 0 spiro atoms. The number of aryl methyl sites for hydroxylation is 1. The first-order valence-electron chi connectivity index (χ1n) is 10.1. The summed E-state index contributed by atoms with van der Waals surface area (Å²) in [7, 11) is 0. The van der Waals surface area contributed by atoms with Crippen LogP contribution in [0.3, 0.4) is 0 Å². The lowest BCUT2D eigenvalue weighted by molar-refractivity contribution is -0.125. The number of ether oxygens (including phenoxy) is 1. The minimum atomic E-state index is -0.958. The maximum Gasteiger partial charge on any atom is 0.339 e. The van der Waals surface area contributed by atoms with Gasteiger partial charge in [-0.25, -0.2) is 4.79 Å². The van der Waals surface area contributed by atoms with Crippen LogP contribution in [0.1, 0.15) is 38.8 Å². The number of benzene rings is 3. The van der Waals surface area contributed by atoms with Crippen LogP contribution in [0.15, 0.2) is 72.8 Å². The summed E-state index contributed by atoms with van der Waals surface area (Å²) in [5, 5.41) is 5.59. The predicted octanol–water partition coefficient (Wildman–Crippen LogP) is 4.22. The molecule has 0 aliphatic carbocycles. The second-order valence-corrected chi connectivity index (χ2v) is 7.29. The molecule has 1 heterocycles. The van der Waals surface area contributed by atoms with E-state index >= 15 is 0 Å². The lowest BCUT2D eigenvalue weighted by Crippen LogP contribution is -2.38.